The molecule has 0 aliphatic carbocycles. The molecule has 0 unspecified atom stereocenters. The zero-order chi connectivity index (χ0) is 19.1. The predicted molar refractivity (Wildman–Crippen MR) is 84.4 cm³/mol. The van der Waals surface area contributed by atoms with Gasteiger partial charge in [0.25, 0.3) is 0 Å². The lowest BCUT2D eigenvalue weighted by atomic mass is 10.1. The van der Waals surface area contributed by atoms with Crippen molar-refractivity contribution >= 4 is 35.3 Å². The summed E-state index contributed by atoms with van der Waals surface area (Å²) in [6.45, 7) is 1.67. The number of ether oxygens (including phenoxy) is 2. The summed E-state index contributed by atoms with van der Waals surface area (Å²) < 4.78 is 48.1. The van der Waals surface area contributed by atoms with Crippen molar-refractivity contribution in [2.24, 2.45) is 0 Å². The lowest BCUT2D eigenvalue weighted by Crippen LogP contribution is -2.33. The van der Waals surface area contributed by atoms with Crippen LogP contribution in [0.15, 0.2) is 23.1 Å². The number of rotatable bonds is 3. The molecule has 0 aromatic heterocycles. The van der Waals surface area contributed by atoms with Crippen molar-refractivity contribution in [3.05, 3.63) is 23.8 Å². The standard InChI is InChI=1S/C16H14F3NO5S/c1-7-4-10(15(23)24-7)25-13(21)6-12-14(22)20-9-5-8(16(17,18)19)2-3-11(9)26-12/h2-3,5,7,10,12H,4,6H2,1H3,(H,20,22)/t7-,10+,12+/m1/s1. The average Bonchev–Trinajstić information content (AvgIpc) is 2.84. The molecule has 0 radical (unpaired) electrons. The Balaban J connectivity index is 1.65. The SMILES string of the molecule is C[C@@H]1C[C@H](OC(=O)C[C@@H]2Sc3ccc(C(F)(F)F)cc3NC2=O)C(=O)O1. The fourth-order valence-corrected chi connectivity index (χ4v) is 3.71. The van der Waals surface area contributed by atoms with E-state index in [-0.39, 0.29) is 24.6 Å². The smallest absolute Gasteiger partial charge is 0.416 e. The van der Waals surface area contributed by atoms with Crippen LogP contribution in [-0.4, -0.2) is 35.3 Å². The third-order valence-electron chi connectivity index (χ3n) is 3.88. The first-order valence-electron chi connectivity index (χ1n) is 7.72. The second-order valence-corrected chi connectivity index (χ2v) is 7.21. The van der Waals surface area contributed by atoms with Crippen LogP contribution in [0.3, 0.4) is 0 Å². The number of nitrogens with one attached hydrogen (secondary N) is 1. The van der Waals surface area contributed by atoms with E-state index in [9.17, 15) is 27.6 Å². The molecule has 2 aliphatic rings. The van der Waals surface area contributed by atoms with Crippen molar-refractivity contribution in [3.8, 4) is 0 Å². The van der Waals surface area contributed by atoms with E-state index in [0.29, 0.717) is 4.90 Å². The van der Waals surface area contributed by atoms with Crippen LogP contribution < -0.4 is 5.32 Å². The molecule has 1 saturated heterocycles. The van der Waals surface area contributed by atoms with Crippen LogP contribution in [0.25, 0.3) is 0 Å². The average molecular weight is 389 g/mol. The maximum Gasteiger partial charge on any atom is 0.416 e. The number of benzene rings is 1. The minimum absolute atomic E-state index is 0.0487. The maximum absolute atomic E-state index is 12.7. The van der Waals surface area contributed by atoms with E-state index in [1.807, 2.05) is 0 Å². The molecule has 1 aromatic carbocycles. The highest BCUT2D eigenvalue weighted by molar-refractivity contribution is 8.01. The first kappa shape index (κ1) is 18.6. The number of hydrogen-bond donors (Lipinski definition) is 1. The lowest BCUT2D eigenvalue weighted by molar-refractivity contribution is -0.161. The largest absolute Gasteiger partial charge is 0.460 e. The summed E-state index contributed by atoms with van der Waals surface area (Å²) in [5.74, 6) is -1.97. The molecule has 3 rings (SSSR count). The van der Waals surface area contributed by atoms with Gasteiger partial charge in [-0.05, 0) is 25.1 Å². The molecule has 6 nitrogen and oxygen atoms in total. The van der Waals surface area contributed by atoms with Gasteiger partial charge in [0, 0.05) is 11.3 Å². The molecule has 0 bridgehead atoms. The van der Waals surface area contributed by atoms with Gasteiger partial charge in [0.1, 0.15) is 6.10 Å². The molecule has 10 heteroatoms. The lowest BCUT2D eigenvalue weighted by Gasteiger charge is -2.24. The van der Waals surface area contributed by atoms with Crippen molar-refractivity contribution in [2.75, 3.05) is 5.32 Å². The van der Waals surface area contributed by atoms with Crippen molar-refractivity contribution in [3.63, 3.8) is 0 Å². The van der Waals surface area contributed by atoms with E-state index in [1.165, 1.54) is 6.07 Å². The zero-order valence-electron chi connectivity index (χ0n) is 13.5. The van der Waals surface area contributed by atoms with Crippen LogP contribution in [0.1, 0.15) is 25.3 Å². The number of amides is 1. The number of halogens is 3. The first-order chi connectivity index (χ1) is 12.1. The van der Waals surface area contributed by atoms with Gasteiger partial charge in [0.15, 0.2) is 0 Å². The number of cyclic esters (lactones) is 1. The molecule has 26 heavy (non-hydrogen) atoms. The van der Waals surface area contributed by atoms with Gasteiger partial charge >= 0.3 is 18.1 Å². The third-order valence-corrected chi connectivity index (χ3v) is 5.15. The van der Waals surface area contributed by atoms with Gasteiger partial charge < -0.3 is 14.8 Å². The molecule has 2 aliphatic heterocycles. The van der Waals surface area contributed by atoms with Crippen LogP contribution in [-0.2, 0) is 30.0 Å². The second-order valence-electron chi connectivity index (χ2n) is 5.97. The number of hydrogen-bond acceptors (Lipinski definition) is 6. The zero-order valence-corrected chi connectivity index (χ0v) is 14.3. The molecule has 0 saturated carbocycles. The first-order valence-corrected chi connectivity index (χ1v) is 8.60. The van der Waals surface area contributed by atoms with Crippen LogP contribution in [0, 0.1) is 0 Å². The highest BCUT2D eigenvalue weighted by atomic mass is 32.2. The number of anilines is 1. The Morgan fingerprint density at radius 1 is 1.38 bits per heavy atom. The molecular formula is C16H14F3NO5S. The fraction of sp³-hybridized carbons (Fsp3) is 0.438. The van der Waals surface area contributed by atoms with E-state index < -0.39 is 40.9 Å². The number of thioether (sulfide) groups is 1. The van der Waals surface area contributed by atoms with Gasteiger partial charge in [-0.15, -0.1) is 11.8 Å². The number of alkyl halides is 3. The third kappa shape index (κ3) is 3.95. The summed E-state index contributed by atoms with van der Waals surface area (Å²) in [5.41, 5.74) is -0.823. The van der Waals surface area contributed by atoms with E-state index in [2.05, 4.69) is 5.32 Å². The number of fused-ring (bicyclic) bond motifs is 1. The predicted octanol–water partition coefficient (Wildman–Crippen LogP) is 2.76. The summed E-state index contributed by atoms with van der Waals surface area (Å²) in [4.78, 5) is 36.0. The Morgan fingerprint density at radius 3 is 2.73 bits per heavy atom. The monoisotopic (exact) mass is 389 g/mol. The van der Waals surface area contributed by atoms with E-state index in [1.54, 1.807) is 6.92 Å². The molecule has 1 N–H and O–H groups in total. The second kappa shape index (κ2) is 6.82. The molecule has 2 heterocycles. The number of esters is 2. The molecule has 0 spiro atoms. The summed E-state index contributed by atoms with van der Waals surface area (Å²) in [5, 5.41) is 1.52. The van der Waals surface area contributed by atoms with Gasteiger partial charge in [-0.3, -0.25) is 9.59 Å². The van der Waals surface area contributed by atoms with Gasteiger partial charge in [0.05, 0.1) is 22.9 Å². The van der Waals surface area contributed by atoms with Gasteiger partial charge in [0.2, 0.25) is 12.0 Å². The number of carbonyl (C=O) groups excluding carboxylic acids is 3. The molecule has 1 aromatic rings. The van der Waals surface area contributed by atoms with E-state index in [4.69, 9.17) is 9.47 Å². The van der Waals surface area contributed by atoms with Gasteiger partial charge in [-0.2, -0.15) is 13.2 Å². The highest BCUT2D eigenvalue weighted by Gasteiger charge is 2.37. The van der Waals surface area contributed by atoms with Crippen LogP contribution in [0.4, 0.5) is 18.9 Å². The summed E-state index contributed by atoms with van der Waals surface area (Å²) in [6, 6.07) is 3.01. The normalized spacial score (nSPS) is 25.3. The topological polar surface area (TPSA) is 81.7 Å². The van der Waals surface area contributed by atoms with Crippen LogP contribution in [0.5, 0.6) is 0 Å². The Bertz CT molecular complexity index is 767. The quantitative estimate of drug-likeness (QED) is 0.801. The minimum atomic E-state index is -4.52. The Labute approximate surface area is 150 Å². The molecule has 140 valence electrons. The van der Waals surface area contributed by atoms with Gasteiger partial charge in [-0.25, -0.2) is 4.79 Å². The number of carbonyl (C=O) groups is 3. The van der Waals surface area contributed by atoms with E-state index in [0.717, 1.165) is 23.9 Å². The molecular weight excluding hydrogens is 375 g/mol. The molecule has 3 atom stereocenters. The van der Waals surface area contributed by atoms with Crippen molar-refractivity contribution < 1.29 is 37.0 Å². The Hall–Kier alpha value is -2.23. The summed E-state index contributed by atoms with van der Waals surface area (Å²) in [7, 11) is 0. The highest BCUT2D eigenvalue weighted by Crippen LogP contribution is 2.40. The Kier molecular flexibility index (Phi) is 4.87. The summed E-state index contributed by atoms with van der Waals surface area (Å²) >= 11 is 0.976. The fourth-order valence-electron chi connectivity index (χ4n) is 2.64. The maximum atomic E-state index is 12.7. The van der Waals surface area contributed by atoms with Crippen LogP contribution >= 0.6 is 11.8 Å². The van der Waals surface area contributed by atoms with E-state index >= 15 is 0 Å². The molecule has 1 fully saturated rings. The molecule has 1 amide bonds. The van der Waals surface area contributed by atoms with Crippen molar-refractivity contribution in [1.29, 1.82) is 0 Å². The summed E-state index contributed by atoms with van der Waals surface area (Å²) in [6.07, 6.45) is -5.91. The van der Waals surface area contributed by atoms with Crippen LogP contribution in [0.2, 0.25) is 0 Å². The Morgan fingerprint density at radius 2 is 2.12 bits per heavy atom. The van der Waals surface area contributed by atoms with Crippen molar-refractivity contribution in [2.45, 2.75) is 48.3 Å². The van der Waals surface area contributed by atoms with Crippen molar-refractivity contribution in [1.82, 2.24) is 0 Å². The minimum Gasteiger partial charge on any atom is -0.460 e. The van der Waals surface area contributed by atoms with Gasteiger partial charge in [-0.1, -0.05) is 0 Å².